The fraction of sp³-hybridized carbons (Fsp3) is 0.524. The third-order valence-corrected chi connectivity index (χ3v) is 4.86. The molecule has 1 aliphatic heterocycles. The molecule has 0 aliphatic carbocycles. The zero-order valence-corrected chi connectivity index (χ0v) is 17.0. The molecule has 2 aromatic heterocycles. The molecule has 7 nitrogen and oxygen atoms in total. The van der Waals surface area contributed by atoms with Crippen molar-refractivity contribution in [3.05, 3.63) is 41.5 Å². The lowest BCUT2D eigenvalue weighted by Crippen LogP contribution is -2.38. The van der Waals surface area contributed by atoms with Crippen molar-refractivity contribution in [2.45, 2.75) is 39.5 Å². The zero-order chi connectivity index (χ0) is 20.1. The number of amides is 1. The van der Waals surface area contributed by atoms with Crippen molar-refractivity contribution < 1.29 is 14.3 Å². The van der Waals surface area contributed by atoms with Crippen molar-refractivity contribution in [2.24, 2.45) is 5.92 Å². The van der Waals surface area contributed by atoms with Crippen LogP contribution in [0.5, 0.6) is 11.5 Å². The highest BCUT2D eigenvalue weighted by atomic mass is 16.5. The molecule has 0 bridgehead atoms. The van der Waals surface area contributed by atoms with Crippen molar-refractivity contribution in [1.82, 2.24) is 20.1 Å². The van der Waals surface area contributed by atoms with E-state index in [0.717, 1.165) is 24.2 Å². The van der Waals surface area contributed by atoms with Gasteiger partial charge >= 0.3 is 0 Å². The summed E-state index contributed by atoms with van der Waals surface area (Å²) in [4.78, 5) is 19.0. The zero-order valence-electron chi connectivity index (χ0n) is 17.0. The molecule has 0 saturated carbocycles. The van der Waals surface area contributed by atoms with Gasteiger partial charge in [-0.15, -0.1) is 0 Å². The van der Waals surface area contributed by atoms with E-state index in [9.17, 15) is 4.79 Å². The Kier molecular flexibility index (Phi) is 6.44. The molecule has 0 atom stereocenters. The quantitative estimate of drug-likeness (QED) is 0.761. The Morgan fingerprint density at radius 3 is 2.57 bits per heavy atom. The Bertz CT molecular complexity index is 800. The van der Waals surface area contributed by atoms with E-state index in [2.05, 4.69) is 29.0 Å². The van der Waals surface area contributed by atoms with E-state index in [4.69, 9.17) is 9.47 Å². The van der Waals surface area contributed by atoms with Crippen molar-refractivity contribution in [1.29, 1.82) is 0 Å². The van der Waals surface area contributed by atoms with E-state index in [-0.39, 0.29) is 5.91 Å². The highest BCUT2D eigenvalue weighted by Crippen LogP contribution is 2.30. The predicted octanol–water partition coefficient (Wildman–Crippen LogP) is 3.24. The first-order valence-corrected chi connectivity index (χ1v) is 9.74. The minimum absolute atomic E-state index is 0.0813. The summed E-state index contributed by atoms with van der Waals surface area (Å²) in [5.74, 6) is 1.74. The van der Waals surface area contributed by atoms with Crippen LogP contribution in [-0.2, 0) is 0 Å². The lowest BCUT2D eigenvalue weighted by atomic mass is 9.93. The number of carbonyl (C=O) groups is 1. The molecule has 1 amide bonds. The number of ether oxygens (including phenoxy) is 2. The number of rotatable bonds is 6. The van der Waals surface area contributed by atoms with Crippen LogP contribution >= 0.6 is 0 Å². The van der Waals surface area contributed by atoms with Gasteiger partial charge in [-0.05, 0) is 37.8 Å². The van der Waals surface area contributed by atoms with Crippen molar-refractivity contribution in [3.8, 4) is 11.5 Å². The molecular weight excluding hydrogens is 356 g/mol. The van der Waals surface area contributed by atoms with Gasteiger partial charge in [0.15, 0.2) is 11.5 Å². The molecule has 0 unspecified atom stereocenters. The molecule has 0 N–H and O–H groups in total. The number of nitrogens with zero attached hydrogens (tertiary/aromatic N) is 4. The molecule has 3 heterocycles. The van der Waals surface area contributed by atoms with Crippen LogP contribution in [0.2, 0.25) is 0 Å². The van der Waals surface area contributed by atoms with Crippen LogP contribution in [0.4, 0.5) is 0 Å². The highest BCUT2D eigenvalue weighted by Gasteiger charge is 2.26. The fourth-order valence-corrected chi connectivity index (χ4v) is 3.23. The largest absolute Gasteiger partial charge is 0.493 e. The smallest absolute Gasteiger partial charge is 0.272 e. The van der Waals surface area contributed by atoms with Crippen LogP contribution in [0, 0.1) is 12.8 Å². The Morgan fingerprint density at radius 1 is 1.21 bits per heavy atom. The number of carbonyl (C=O) groups excluding carboxylic acids is 1. The summed E-state index contributed by atoms with van der Waals surface area (Å²) in [6.07, 6.45) is 3.31. The van der Waals surface area contributed by atoms with Crippen LogP contribution in [0.3, 0.4) is 0 Å². The van der Waals surface area contributed by atoms with Crippen LogP contribution in [0.15, 0.2) is 24.4 Å². The van der Waals surface area contributed by atoms with Crippen LogP contribution < -0.4 is 9.47 Å². The lowest BCUT2D eigenvalue weighted by molar-refractivity contribution is 0.0705. The van der Waals surface area contributed by atoms with Gasteiger partial charge in [-0.3, -0.25) is 4.79 Å². The third-order valence-electron chi connectivity index (χ3n) is 4.86. The van der Waals surface area contributed by atoms with Gasteiger partial charge in [0.1, 0.15) is 5.69 Å². The van der Waals surface area contributed by atoms with Crippen molar-refractivity contribution >= 4 is 5.91 Å². The van der Waals surface area contributed by atoms with E-state index in [0.29, 0.717) is 48.7 Å². The third kappa shape index (κ3) is 4.77. The second-order valence-corrected chi connectivity index (χ2v) is 7.59. The van der Waals surface area contributed by atoms with E-state index >= 15 is 0 Å². The summed E-state index contributed by atoms with van der Waals surface area (Å²) < 4.78 is 11.1. The molecule has 150 valence electrons. The average Bonchev–Trinajstić information content (AvgIpc) is 2.72. The summed E-state index contributed by atoms with van der Waals surface area (Å²) in [5, 5.41) is 8.44. The predicted molar refractivity (Wildman–Crippen MR) is 106 cm³/mol. The van der Waals surface area contributed by atoms with Crippen molar-refractivity contribution in [2.75, 3.05) is 26.8 Å². The van der Waals surface area contributed by atoms with Gasteiger partial charge in [0, 0.05) is 25.1 Å². The van der Waals surface area contributed by atoms with Gasteiger partial charge in [0.05, 0.1) is 31.3 Å². The summed E-state index contributed by atoms with van der Waals surface area (Å²) >= 11 is 0. The number of hydrogen-bond donors (Lipinski definition) is 0. The topological polar surface area (TPSA) is 77.4 Å². The van der Waals surface area contributed by atoms with Gasteiger partial charge in [-0.1, -0.05) is 13.8 Å². The molecule has 0 radical (unpaired) electrons. The molecule has 0 spiro atoms. The first-order chi connectivity index (χ1) is 13.5. The van der Waals surface area contributed by atoms with Crippen molar-refractivity contribution in [3.63, 3.8) is 0 Å². The average molecular weight is 384 g/mol. The van der Waals surface area contributed by atoms with Gasteiger partial charge in [-0.2, -0.15) is 10.2 Å². The van der Waals surface area contributed by atoms with E-state index in [1.807, 2.05) is 24.0 Å². The number of aryl methyl sites for hydroxylation is 1. The second-order valence-electron chi connectivity index (χ2n) is 7.59. The molecule has 1 saturated heterocycles. The molecule has 1 aliphatic rings. The number of likely N-dealkylation sites (tertiary alicyclic amines) is 1. The summed E-state index contributed by atoms with van der Waals surface area (Å²) in [5.41, 5.74) is 2.30. The molecule has 1 fully saturated rings. The van der Waals surface area contributed by atoms with E-state index in [1.165, 1.54) is 0 Å². The number of hydrogen-bond acceptors (Lipinski definition) is 6. The molecule has 28 heavy (non-hydrogen) atoms. The maximum Gasteiger partial charge on any atom is 0.272 e. The Labute approximate surface area is 166 Å². The lowest BCUT2D eigenvalue weighted by Gasteiger charge is -2.31. The Balaban J connectivity index is 1.63. The van der Waals surface area contributed by atoms with Gasteiger partial charge in [0.25, 0.3) is 5.91 Å². The van der Waals surface area contributed by atoms with Crippen LogP contribution in [0.25, 0.3) is 0 Å². The van der Waals surface area contributed by atoms with Gasteiger partial charge in [-0.25, -0.2) is 4.98 Å². The van der Waals surface area contributed by atoms with Gasteiger partial charge in [0.2, 0.25) is 0 Å². The molecule has 3 rings (SSSR count). The number of aromatic nitrogens is 3. The standard InChI is InChI=1S/C21H28N4O3/c1-14(2)13-28-20-12-22-18(11-19(20)27-4)21(26)25-9-7-16(8-10-25)17-6-5-15(3)23-24-17/h5-6,11-12,14,16H,7-10,13H2,1-4H3. The second kappa shape index (κ2) is 8.99. The van der Waals surface area contributed by atoms with Crippen LogP contribution in [-0.4, -0.2) is 52.8 Å². The summed E-state index contributed by atoms with van der Waals surface area (Å²) in [6.45, 7) is 8.00. The minimum atomic E-state index is -0.0813. The first kappa shape index (κ1) is 20.0. The Hall–Kier alpha value is -2.70. The number of pyridine rings is 1. The summed E-state index contributed by atoms with van der Waals surface area (Å²) in [7, 11) is 1.57. The summed E-state index contributed by atoms with van der Waals surface area (Å²) in [6, 6.07) is 5.68. The molecule has 0 aromatic carbocycles. The first-order valence-electron chi connectivity index (χ1n) is 9.74. The maximum absolute atomic E-state index is 12.9. The maximum atomic E-state index is 12.9. The highest BCUT2D eigenvalue weighted by molar-refractivity contribution is 5.93. The Morgan fingerprint density at radius 2 is 1.96 bits per heavy atom. The monoisotopic (exact) mass is 384 g/mol. The van der Waals surface area contributed by atoms with E-state index < -0.39 is 0 Å². The van der Waals surface area contributed by atoms with Crippen LogP contribution in [0.1, 0.15) is 54.5 Å². The molecular formula is C21H28N4O3. The SMILES string of the molecule is COc1cc(C(=O)N2CCC(c3ccc(C)nn3)CC2)ncc1OCC(C)C. The number of methoxy groups -OCH3 is 1. The fourth-order valence-electron chi connectivity index (χ4n) is 3.23. The van der Waals surface area contributed by atoms with E-state index in [1.54, 1.807) is 19.4 Å². The normalized spacial score (nSPS) is 15.0. The molecule has 7 heteroatoms. The number of piperidine rings is 1. The molecule has 2 aromatic rings. The minimum Gasteiger partial charge on any atom is -0.493 e. The van der Waals surface area contributed by atoms with Gasteiger partial charge < -0.3 is 14.4 Å².